The number of aromatic nitrogens is 3. The van der Waals surface area contributed by atoms with Gasteiger partial charge in [-0.2, -0.15) is 14.7 Å². The summed E-state index contributed by atoms with van der Waals surface area (Å²) in [6.07, 6.45) is 2.96. The first-order valence-corrected chi connectivity index (χ1v) is 13.1. The first-order chi connectivity index (χ1) is 18.2. The molecule has 0 atom stereocenters. The van der Waals surface area contributed by atoms with E-state index in [1.807, 2.05) is 11.5 Å². The summed E-state index contributed by atoms with van der Waals surface area (Å²) < 4.78 is 3.42. The van der Waals surface area contributed by atoms with Crippen LogP contribution in [-0.2, 0) is 40.9 Å². The van der Waals surface area contributed by atoms with Crippen molar-refractivity contribution in [1.82, 2.24) is 14.3 Å². The van der Waals surface area contributed by atoms with E-state index in [-0.39, 0.29) is 17.3 Å². The number of benzene rings is 3. The minimum Gasteiger partial charge on any atom is -0.279 e. The molecular weight excluding hydrogens is 474 g/mol. The van der Waals surface area contributed by atoms with Crippen LogP contribution >= 0.6 is 0 Å². The predicted octanol–water partition coefficient (Wildman–Crippen LogP) is 5.98. The fourth-order valence-electron chi connectivity index (χ4n) is 4.44. The zero-order chi connectivity index (χ0) is 27.7. The minimum absolute atomic E-state index is 0.0233. The number of rotatable bonds is 8. The molecule has 0 aliphatic heterocycles. The van der Waals surface area contributed by atoms with Crippen LogP contribution in [0.1, 0.15) is 62.2 Å². The highest BCUT2D eigenvalue weighted by Gasteiger charge is 2.15. The van der Waals surface area contributed by atoms with E-state index in [1.165, 1.54) is 27.8 Å². The lowest BCUT2D eigenvalue weighted by Crippen LogP contribution is -2.25. The van der Waals surface area contributed by atoms with Gasteiger partial charge in [0.2, 0.25) is 0 Å². The van der Waals surface area contributed by atoms with Crippen molar-refractivity contribution in [3.8, 4) is 11.1 Å². The molecule has 0 unspecified atom stereocenters. The van der Waals surface area contributed by atoms with Crippen LogP contribution < -0.4 is 5.69 Å². The number of hydrogen-bond donors (Lipinski definition) is 0. The van der Waals surface area contributed by atoms with Crippen LogP contribution in [0.4, 0.5) is 0 Å². The molecule has 0 saturated heterocycles. The number of aryl methyl sites for hydroxylation is 3. The lowest BCUT2D eigenvalue weighted by Gasteiger charge is -2.19. The number of nitrogens with zero attached hydrogens (tertiary/aromatic N) is 3. The Bertz CT molecular complexity index is 1400. The molecule has 4 aromatic rings. The van der Waals surface area contributed by atoms with E-state index >= 15 is 0 Å². The Kier molecular flexibility index (Phi) is 9.75. The van der Waals surface area contributed by atoms with Crippen LogP contribution in [0, 0.1) is 6.92 Å². The highest BCUT2D eigenvalue weighted by Crippen LogP contribution is 2.23. The highest BCUT2D eigenvalue weighted by atomic mass is 16.2. The molecule has 4 rings (SSSR count). The van der Waals surface area contributed by atoms with Crippen molar-refractivity contribution < 1.29 is 9.59 Å². The summed E-state index contributed by atoms with van der Waals surface area (Å²) in [5, 5.41) is 4.71. The van der Waals surface area contributed by atoms with Gasteiger partial charge in [-0.25, -0.2) is 9.48 Å². The molecule has 0 amide bonds. The fraction of sp³-hybridized carbons (Fsp3) is 0.344. The number of carbonyl (C=O) groups excluding carboxylic acids is 2. The third-order valence-corrected chi connectivity index (χ3v) is 6.67. The molecule has 38 heavy (non-hydrogen) atoms. The summed E-state index contributed by atoms with van der Waals surface area (Å²) in [7, 11) is 0. The van der Waals surface area contributed by atoms with E-state index in [0.717, 1.165) is 30.7 Å². The first kappa shape index (κ1) is 28.5. The van der Waals surface area contributed by atoms with Gasteiger partial charge in [-0.05, 0) is 59.9 Å². The van der Waals surface area contributed by atoms with Gasteiger partial charge in [0.25, 0.3) is 0 Å². The van der Waals surface area contributed by atoms with Gasteiger partial charge in [-0.15, -0.1) is 0 Å². The summed E-state index contributed by atoms with van der Waals surface area (Å²) in [5.41, 5.74) is 7.55. The van der Waals surface area contributed by atoms with E-state index in [1.54, 1.807) is 4.68 Å². The molecular formula is C32H37N3O3. The van der Waals surface area contributed by atoms with Gasteiger partial charge in [0, 0.05) is 13.0 Å². The normalized spacial score (nSPS) is 11.0. The minimum atomic E-state index is -0.0233. The summed E-state index contributed by atoms with van der Waals surface area (Å²) >= 11 is 0. The molecule has 0 aliphatic carbocycles. The molecule has 0 N–H and O–H groups in total. The van der Waals surface area contributed by atoms with Gasteiger partial charge < -0.3 is 0 Å². The van der Waals surface area contributed by atoms with Gasteiger partial charge in [-0.3, -0.25) is 4.57 Å². The lowest BCUT2D eigenvalue weighted by atomic mass is 9.87. The van der Waals surface area contributed by atoms with Crippen LogP contribution in [0.3, 0.4) is 0 Å². The quantitative estimate of drug-likeness (QED) is 0.292. The van der Waals surface area contributed by atoms with Gasteiger partial charge >= 0.3 is 11.8 Å². The van der Waals surface area contributed by atoms with E-state index in [9.17, 15) is 4.79 Å². The molecule has 0 fully saturated rings. The Labute approximate surface area is 225 Å². The molecule has 1 aromatic heterocycles. The lowest BCUT2D eigenvalue weighted by molar-refractivity contribution is -0.191. The molecule has 0 spiro atoms. The van der Waals surface area contributed by atoms with E-state index in [2.05, 4.69) is 100 Å². The van der Waals surface area contributed by atoms with Crippen LogP contribution in [0.25, 0.3) is 11.1 Å². The first-order valence-electron chi connectivity index (χ1n) is 13.1. The highest BCUT2D eigenvalue weighted by molar-refractivity contribution is 5.63. The molecule has 0 bridgehead atoms. The van der Waals surface area contributed by atoms with Crippen LogP contribution in [-0.4, -0.2) is 20.5 Å². The maximum Gasteiger partial charge on any atom is 0.373 e. The summed E-state index contributed by atoms with van der Waals surface area (Å²) in [6, 6.07) is 26.0. The van der Waals surface area contributed by atoms with Crippen LogP contribution in [0.15, 0.2) is 77.6 Å². The summed E-state index contributed by atoms with van der Waals surface area (Å²) in [4.78, 5) is 29.2. The number of hydrogen-bond acceptors (Lipinski definition) is 4. The van der Waals surface area contributed by atoms with E-state index in [4.69, 9.17) is 14.7 Å². The third-order valence-electron chi connectivity index (χ3n) is 6.67. The van der Waals surface area contributed by atoms with Crippen molar-refractivity contribution in [1.29, 1.82) is 0 Å². The van der Waals surface area contributed by atoms with Gasteiger partial charge in [0.1, 0.15) is 5.82 Å². The Morgan fingerprint density at radius 3 is 1.84 bits per heavy atom. The van der Waals surface area contributed by atoms with Crippen LogP contribution in [0.5, 0.6) is 0 Å². The second kappa shape index (κ2) is 13.0. The molecule has 0 saturated carbocycles. The van der Waals surface area contributed by atoms with Gasteiger partial charge in [0.05, 0.1) is 6.54 Å². The average molecular weight is 512 g/mol. The monoisotopic (exact) mass is 511 g/mol. The Hall–Kier alpha value is -4.02. The standard InChI is InChI=1S/C31H37N3O.CO2/c1-6-33-29(32-34(30(33)35)22-25-14-20-28(21-15-25)31(3,4)5)9-7-8-24-12-18-27(19-13-24)26-16-10-23(2)11-17-26;2-1-3/h10-21H,6-9,22H2,1-5H3;. The van der Waals surface area contributed by atoms with Crippen molar-refractivity contribution in [3.05, 3.63) is 111 Å². The second-order valence-corrected chi connectivity index (χ2v) is 10.5. The molecule has 0 radical (unpaired) electrons. The smallest absolute Gasteiger partial charge is 0.279 e. The maximum atomic E-state index is 12.9. The van der Waals surface area contributed by atoms with Crippen molar-refractivity contribution in [2.45, 2.75) is 72.4 Å². The van der Waals surface area contributed by atoms with E-state index < -0.39 is 0 Å². The van der Waals surface area contributed by atoms with Crippen molar-refractivity contribution in [3.63, 3.8) is 0 Å². The third kappa shape index (κ3) is 7.50. The summed E-state index contributed by atoms with van der Waals surface area (Å²) in [6.45, 7) is 11.9. The molecule has 0 aliphatic rings. The SMILES string of the molecule is CCn1c(CCCc2ccc(-c3ccc(C)cc3)cc2)nn(Cc2ccc(C(C)(C)C)cc2)c1=O.O=C=O. The molecule has 198 valence electrons. The molecule has 1 heterocycles. The zero-order valence-corrected chi connectivity index (χ0v) is 23.0. The Morgan fingerprint density at radius 1 is 0.789 bits per heavy atom. The fourth-order valence-corrected chi connectivity index (χ4v) is 4.44. The van der Waals surface area contributed by atoms with E-state index in [0.29, 0.717) is 13.1 Å². The maximum absolute atomic E-state index is 12.9. The average Bonchev–Trinajstić information content (AvgIpc) is 3.19. The van der Waals surface area contributed by atoms with Crippen LogP contribution in [0.2, 0.25) is 0 Å². The molecule has 6 heteroatoms. The zero-order valence-electron chi connectivity index (χ0n) is 23.0. The Morgan fingerprint density at radius 2 is 1.32 bits per heavy atom. The molecule has 3 aromatic carbocycles. The van der Waals surface area contributed by atoms with Crippen molar-refractivity contribution in [2.24, 2.45) is 0 Å². The van der Waals surface area contributed by atoms with Crippen molar-refractivity contribution in [2.75, 3.05) is 0 Å². The topological polar surface area (TPSA) is 74.0 Å². The second-order valence-electron chi connectivity index (χ2n) is 10.5. The Balaban J connectivity index is 0.00000127. The predicted molar refractivity (Wildman–Crippen MR) is 150 cm³/mol. The van der Waals surface area contributed by atoms with Gasteiger partial charge in [0.15, 0.2) is 0 Å². The van der Waals surface area contributed by atoms with Gasteiger partial charge in [-0.1, -0.05) is 99.1 Å². The van der Waals surface area contributed by atoms with Crippen molar-refractivity contribution >= 4 is 6.15 Å². The molecule has 6 nitrogen and oxygen atoms in total. The summed E-state index contributed by atoms with van der Waals surface area (Å²) in [5.74, 6) is 0.875. The largest absolute Gasteiger partial charge is 0.373 e.